The summed E-state index contributed by atoms with van der Waals surface area (Å²) in [7, 11) is 6.72. The normalized spacial score (nSPS) is 19.1. The fourth-order valence-electron chi connectivity index (χ4n) is 9.97. The smallest absolute Gasteiger partial charge is 0.250 e. The molecule has 0 radical (unpaired) electrons. The number of carbonyl (C=O) groups is 2. The summed E-state index contributed by atoms with van der Waals surface area (Å²) < 4.78 is 25.9. The fourth-order valence-corrected chi connectivity index (χ4v) is 9.97. The Balaban J connectivity index is 0.000000166. The van der Waals surface area contributed by atoms with Gasteiger partial charge < -0.3 is 37.9 Å². The zero-order chi connectivity index (χ0) is 45.9. The molecular weight excluding hydrogens is 829 g/mol. The fraction of sp³-hybridized carbons (Fsp3) is 0.333. The lowest BCUT2D eigenvalue weighted by Gasteiger charge is -2.33. The number of imidazole rings is 2. The van der Waals surface area contributed by atoms with Gasteiger partial charge in [0, 0.05) is 48.7 Å². The van der Waals surface area contributed by atoms with Gasteiger partial charge >= 0.3 is 0 Å². The van der Waals surface area contributed by atoms with Crippen molar-refractivity contribution in [1.82, 2.24) is 28.9 Å². The van der Waals surface area contributed by atoms with Gasteiger partial charge in [-0.05, 0) is 159 Å². The second kappa shape index (κ2) is 19.2. The lowest BCUT2D eigenvalue weighted by Crippen LogP contribution is -2.44. The molecule has 2 aromatic heterocycles. The van der Waals surface area contributed by atoms with E-state index in [1.165, 1.54) is 22.3 Å². The van der Waals surface area contributed by atoms with Crippen LogP contribution in [0, 0.1) is 13.8 Å². The average molecular weight is 887 g/mol. The molecule has 0 bridgehead atoms. The van der Waals surface area contributed by atoms with Crippen molar-refractivity contribution >= 4 is 24.0 Å². The third kappa shape index (κ3) is 9.22. The first kappa shape index (κ1) is 44.1. The number of benzene rings is 4. The van der Waals surface area contributed by atoms with Crippen molar-refractivity contribution in [3.8, 4) is 34.4 Å². The van der Waals surface area contributed by atoms with Gasteiger partial charge in [-0.15, -0.1) is 0 Å². The number of rotatable bonds is 10. The van der Waals surface area contributed by atoms with Crippen LogP contribution in [0.15, 0.2) is 109 Å². The highest BCUT2D eigenvalue weighted by Crippen LogP contribution is 2.35. The molecule has 0 spiro atoms. The largest absolute Gasteiger partial charge is 0.497 e. The van der Waals surface area contributed by atoms with Gasteiger partial charge in [-0.2, -0.15) is 0 Å². The number of hydrogen-bond donors (Lipinski definition) is 0. The molecule has 2 amide bonds. The number of aromatic nitrogens is 4. The summed E-state index contributed by atoms with van der Waals surface area (Å²) in [6.45, 7) is 5.55. The van der Waals surface area contributed by atoms with Crippen molar-refractivity contribution in [2.45, 2.75) is 77.3 Å². The number of amides is 2. The Labute approximate surface area is 387 Å². The zero-order valence-electron chi connectivity index (χ0n) is 38.8. The molecule has 2 aliphatic heterocycles. The van der Waals surface area contributed by atoms with E-state index in [1.54, 1.807) is 41.1 Å². The van der Waals surface area contributed by atoms with E-state index in [4.69, 9.17) is 18.9 Å². The number of aryl methyl sites for hydroxylation is 2. The molecule has 4 aromatic carbocycles. The van der Waals surface area contributed by atoms with Crippen LogP contribution in [-0.2, 0) is 35.3 Å². The van der Waals surface area contributed by atoms with Crippen LogP contribution in [-0.4, -0.2) is 94.3 Å². The van der Waals surface area contributed by atoms with Crippen molar-refractivity contribution in [2.75, 3.05) is 41.5 Å². The molecule has 0 unspecified atom stereocenters. The van der Waals surface area contributed by atoms with Crippen molar-refractivity contribution < 1.29 is 28.5 Å². The molecule has 2 fully saturated rings. The average Bonchev–Trinajstić information content (AvgIpc) is 4.17. The van der Waals surface area contributed by atoms with E-state index in [0.717, 1.165) is 132 Å². The van der Waals surface area contributed by atoms with Gasteiger partial charge in [0.15, 0.2) is 0 Å². The van der Waals surface area contributed by atoms with E-state index in [0.29, 0.717) is 0 Å². The molecule has 2 saturated heterocycles. The van der Waals surface area contributed by atoms with Gasteiger partial charge in [0.25, 0.3) is 0 Å². The standard InChI is InChI=1S/2C27H29N3O3/c2*1-18-16-29(17-28-18)25-9-6-19(12-26(25)33-3)11-21-5-4-10-30(27(21)31)23-13-20-7-8-24(32-2)15-22(20)14-23/h2*6-9,11-12,15-17,23H,4-5,10,13-14H2,1-3H3/b2*21-11+/t2*23-/m10/s1. The summed E-state index contributed by atoms with van der Waals surface area (Å²) >= 11 is 0. The molecule has 4 aliphatic rings. The highest BCUT2D eigenvalue weighted by Gasteiger charge is 2.35. The van der Waals surface area contributed by atoms with Crippen LogP contribution in [0.2, 0.25) is 0 Å². The number of methoxy groups -OCH3 is 4. The molecule has 0 N–H and O–H groups in total. The monoisotopic (exact) mass is 886 g/mol. The summed E-state index contributed by atoms with van der Waals surface area (Å²) in [5.74, 6) is 3.56. The highest BCUT2D eigenvalue weighted by molar-refractivity contribution is 5.99. The van der Waals surface area contributed by atoms with E-state index < -0.39 is 0 Å². The van der Waals surface area contributed by atoms with Gasteiger partial charge in [0.1, 0.15) is 23.0 Å². The lowest BCUT2D eigenvalue weighted by molar-refractivity contribution is -0.131. The summed E-state index contributed by atoms with van der Waals surface area (Å²) in [6.07, 6.45) is 18.7. The van der Waals surface area contributed by atoms with E-state index in [9.17, 15) is 9.59 Å². The van der Waals surface area contributed by atoms with Crippen molar-refractivity contribution in [3.63, 3.8) is 0 Å². The molecular formula is C54H58N6O6. The van der Waals surface area contributed by atoms with Gasteiger partial charge in [0.05, 0.1) is 63.9 Å². The van der Waals surface area contributed by atoms with Gasteiger partial charge in [-0.25, -0.2) is 9.97 Å². The Bertz CT molecular complexity index is 2650. The predicted molar refractivity (Wildman–Crippen MR) is 256 cm³/mol. The minimum atomic E-state index is 0.152. The number of ether oxygens (including phenoxy) is 4. The van der Waals surface area contributed by atoms with Crippen LogP contribution in [0.1, 0.15) is 70.5 Å². The predicted octanol–water partition coefficient (Wildman–Crippen LogP) is 8.74. The Morgan fingerprint density at radius 3 is 1.33 bits per heavy atom. The van der Waals surface area contributed by atoms with Crippen LogP contribution < -0.4 is 18.9 Å². The van der Waals surface area contributed by atoms with E-state index in [1.807, 2.05) is 96.1 Å². The third-order valence-electron chi connectivity index (χ3n) is 13.4. The van der Waals surface area contributed by atoms with Crippen molar-refractivity contribution in [3.05, 3.63) is 154 Å². The molecule has 2 atom stereocenters. The summed E-state index contributed by atoms with van der Waals surface area (Å²) in [5, 5.41) is 0. The summed E-state index contributed by atoms with van der Waals surface area (Å²) in [5.41, 5.74) is 12.6. The number of fused-ring (bicyclic) bond motifs is 2. The SMILES string of the molecule is COc1ccc2c(c1)C[C@@H](N1CCC/C(=C\c3ccc(-n4cnc(C)c4)c(OC)c3)C1=O)C2.COc1ccc2c(c1)C[C@H](N1CCC/C(=C\c3ccc(-n4cnc(C)c4)c(OC)c3)C1=O)C2. The lowest BCUT2D eigenvalue weighted by atomic mass is 9.98. The third-order valence-corrected chi connectivity index (χ3v) is 13.4. The highest BCUT2D eigenvalue weighted by atomic mass is 16.5. The van der Waals surface area contributed by atoms with E-state index in [-0.39, 0.29) is 23.9 Å². The summed E-state index contributed by atoms with van der Waals surface area (Å²) in [4.78, 5) is 39.6. The molecule has 6 aromatic rings. The summed E-state index contributed by atoms with van der Waals surface area (Å²) in [6, 6.07) is 25.0. The first-order valence-electron chi connectivity index (χ1n) is 22.8. The van der Waals surface area contributed by atoms with Crippen LogP contribution in [0.5, 0.6) is 23.0 Å². The van der Waals surface area contributed by atoms with Crippen LogP contribution in [0.25, 0.3) is 23.5 Å². The second-order valence-corrected chi connectivity index (χ2v) is 17.6. The minimum Gasteiger partial charge on any atom is -0.497 e. The Morgan fingerprint density at radius 2 is 0.955 bits per heavy atom. The number of likely N-dealkylation sites (tertiary alicyclic amines) is 2. The Kier molecular flexibility index (Phi) is 12.8. The number of hydrogen-bond acceptors (Lipinski definition) is 8. The van der Waals surface area contributed by atoms with Gasteiger partial charge in [-0.3, -0.25) is 9.59 Å². The van der Waals surface area contributed by atoms with E-state index in [2.05, 4.69) is 44.0 Å². The number of carbonyl (C=O) groups excluding carboxylic acids is 2. The Morgan fingerprint density at radius 1 is 0.530 bits per heavy atom. The van der Waals surface area contributed by atoms with Crippen molar-refractivity contribution in [1.29, 1.82) is 0 Å². The minimum absolute atomic E-state index is 0.152. The second-order valence-electron chi connectivity index (χ2n) is 17.6. The quantitative estimate of drug-likeness (QED) is 0.126. The van der Waals surface area contributed by atoms with Gasteiger partial charge in [-0.1, -0.05) is 24.3 Å². The Hall–Kier alpha value is -7.08. The molecule has 66 heavy (non-hydrogen) atoms. The van der Waals surface area contributed by atoms with E-state index >= 15 is 0 Å². The van der Waals surface area contributed by atoms with Crippen LogP contribution in [0.3, 0.4) is 0 Å². The molecule has 4 heterocycles. The van der Waals surface area contributed by atoms with Crippen LogP contribution >= 0.6 is 0 Å². The molecule has 10 rings (SSSR count). The number of piperidine rings is 2. The maximum absolute atomic E-state index is 13.4. The molecule has 12 heteroatoms. The number of nitrogens with zero attached hydrogens (tertiary/aromatic N) is 6. The molecule has 12 nitrogen and oxygen atoms in total. The molecule has 0 saturated carbocycles. The first-order valence-corrected chi connectivity index (χ1v) is 22.8. The maximum atomic E-state index is 13.4. The first-order chi connectivity index (χ1) is 32.1. The zero-order valence-corrected chi connectivity index (χ0v) is 38.8. The molecule has 340 valence electrons. The van der Waals surface area contributed by atoms with Gasteiger partial charge in [0.2, 0.25) is 11.8 Å². The molecule has 2 aliphatic carbocycles. The van der Waals surface area contributed by atoms with Crippen molar-refractivity contribution in [2.24, 2.45) is 0 Å². The van der Waals surface area contributed by atoms with Crippen LogP contribution in [0.4, 0.5) is 0 Å². The topological polar surface area (TPSA) is 113 Å². The maximum Gasteiger partial charge on any atom is 0.250 e.